The summed E-state index contributed by atoms with van der Waals surface area (Å²) < 4.78 is 19.5. The van der Waals surface area contributed by atoms with Gasteiger partial charge in [-0.15, -0.1) is 0 Å². The Labute approximate surface area is 122 Å². The third-order valence-electron chi connectivity index (χ3n) is 3.58. The Kier molecular flexibility index (Phi) is 7.55. The maximum atomic E-state index is 14.3. The standard InChI is InChI=1S/C16H27FN2O/c1-5-13(3)19(10-11-20-4)16-14(12-18-6-2)8-7-9-15(16)17/h7-9,13,18H,5-6,10-12H2,1-4H3. The first-order chi connectivity index (χ1) is 9.65. The molecule has 0 heterocycles. The molecule has 1 N–H and O–H groups in total. The summed E-state index contributed by atoms with van der Waals surface area (Å²) in [4.78, 5) is 2.12. The van der Waals surface area contributed by atoms with Crippen LogP contribution in [0.2, 0.25) is 0 Å². The van der Waals surface area contributed by atoms with E-state index in [9.17, 15) is 4.39 Å². The van der Waals surface area contributed by atoms with E-state index in [0.717, 1.165) is 18.5 Å². The highest BCUT2D eigenvalue weighted by Crippen LogP contribution is 2.27. The molecule has 0 amide bonds. The number of hydrogen-bond donors (Lipinski definition) is 1. The van der Waals surface area contributed by atoms with Gasteiger partial charge in [0.05, 0.1) is 12.3 Å². The third-order valence-corrected chi connectivity index (χ3v) is 3.58. The first-order valence-electron chi connectivity index (χ1n) is 7.39. The van der Waals surface area contributed by atoms with Crippen molar-refractivity contribution >= 4 is 5.69 Å². The maximum absolute atomic E-state index is 14.3. The van der Waals surface area contributed by atoms with Crippen molar-refractivity contribution in [1.29, 1.82) is 0 Å². The van der Waals surface area contributed by atoms with Gasteiger partial charge >= 0.3 is 0 Å². The second-order valence-corrected chi connectivity index (χ2v) is 4.97. The molecular formula is C16H27FN2O. The van der Waals surface area contributed by atoms with Crippen molar-refractivity contribution in [2.45, 2.75) is 39.8 Å². The predicted molar refractivity (Wildman–Crippen MR) is 82.8 cm³/mol. The van der Waals surface area contributed by atoms with Crippen LogP contribution in [0.5, 0.6) is 0 Å². The fourth-order valence-electron chi connectivity index (χ4n) is 2.25. The van der Waals surface area contributed by atoms with E-state index in [4.69, 9.17) is 4.74 Å². The van der Waals surface area contributed by atoms with Crippen molar-refractivity contribution in [2.24, 2.45) is 0 Å². The highest BCUT2D eigenvalue weighted by atomic mass is 19.1. The lowest BCUT2D eigenvalue weighted by atomic mass is 10.1. The zero-order valence-corrected chi connectivity index (χ0v) is 13.1. The molecule has 3 nitrogen and oxygen atoms in total. The number of nitrogens with zero attached hydrogens (tertiary/aromatic N) is 1. The molecule has 0 aliphatic heterocycles. The van der Waals surface area contributed by atoms with Gasteiger partial charge in [0.2, 0.25) is 0 Å². The topological polar surface area (TPSA) is 24.5 Å². The molecule has 1 aromatic carbocycles. The van der Waals surface area contributed by atoms with Crippen molar-refractivity contribution in [1.82, 2.24) is 5.32 Å². The van der Waals surface area contributed by atoms with Gasteiger partial charge in [-0.25, -0.2) is 4.39 Å². The summed E-state index contributed by atoms with van der Waals surface area (Å²) in [5.41, 5.74) is 1.71. The van der Waals surface area contributed by atoms with E-state index in [-0.39, 0.29) is 11.9 Å². The maximum Gasteiger partial charge on any atom is 0.146 e. The van der Waals surface area contributed by atoms with E-state index >= 15 is 0 Å². The normalized spacial score (nSPS) is 12.4. The van der Waals surface area contributed by atoms with Gasteiger partial charge in [0.25, 0.3) is 0 Å². The van der Waals surface area contributed by atoms with Crippen molar-refractivity contribution in [3.63, 3.8) is 0 Å². The lowest BCUT2D eigenvalue weighted by molar-refractivity contribution is 0.203. The minimum atomic E-state index is -0.156. The molecule has 0 aromatic heterocycles. The summed E-state index contributed by atoms with van der Waals surface area (Å²) in [5, 5.41) is 3.28. The summed E-state index contributed by atoms with van der Waals surface area (Å²) in [7, 11) is 1.68. The Morgan fingerprint density at radius 1 is 1.35 bits per heavy atom. The number of anilines is 1. The molecule has 0 radical (unpaired) electrons. The molecule has 0 aliphatic rings. The van der Waals surface area contributed by atoms with Crippen molar-refractivity contribution < 1.29 is 9.13 Å². The van der Waals surface area contributed by atoms with Gasteiger partial charge in [0.15, 0.2) is 0 Å². The number of nitrogens with one attached hydrogen (secondary N) is 1. The molecule has 1 atom stereocenters. The highest BCUT2D eigenvalue weighted by Gasteiger charge is 2.19. The molecule has 114 valence electrons. The fourth-order valence-corrected chi connectivity index (χ4v) is 2.25. The number of halogens is 1. The Morgan fingerprint density at radius 2 is 2.10 bits per heavy atom. The SMILES string of the molecule is CCNCc1cccc(F)c1N(CCOC)C(C)CC. The summed E-state index contributed by atoms with van der Waals surface area (Å²) in [6, 6.07) is 5.58. The zero-order valence-electron chi connectivity index (χ0n) is 13.1. The summed E-state index contributed by atoms with van der Waals surface area (Å²) >= 11 is 0. The summed E-state index contributed by atoms with van der Waals surface area (Å²) in [5.74, 6) is -0.156. The van der Waals surface area contributed by atoms with Crippen molar-refractivity contribution in [2.75, 3.05) is 31.7 Å². The van der Waals surface area contributed by atoms with Gasteiger partial charge in [-0.1, -0.05) is 26.0 Å². The quantitative estimate of drug-likeness (QED) is 0.753. The lowest BCUT2D eigenvalue weighted by Gasteiger charge is -2.32. The Bertz CT molecular complexity index is 398. The van der Waals surface area contributed by atoms with Crippen LogP contribution in [0.15, 0.2) is 18.2 Å². The van der Waals surface area contributed by atoms with Gasteiger partial charge in [0, 0.05) is 26.2 Å². The van der Waals surface area contributed by atoms with E-state index in [0.29, 0.717) is 25.4 Å². The van der Waals surface area contributed by atoms with Crippen LogP contribution in [0.25, 0.3) is 0 Å². The van der Waals surface area contributed by atoms with E-state index in [1.54, 1.807) is 13.2 Å². The lowest BCUT2D eigenvalue weighted by Crippen LogP contribution is -2.37. The molecule has 4 heteroatoms. The molecule has 0 saturated heterocycles. The van der Waals surface area contributed by atoms with Crippen molar-refractivity contribution in [3.05, 3.63) is 29.6 Å². The van der Waals surface area contributed by atoms with E-state index in [2.05, 4.69) is 31.0 Å². The second-order valence-electron chi connectivity index (χ2n) is 4.97. The van der Waals surface area contributed by atoms with Crippen LogP contribution in [0.3, 0.4) is 0 Å². The predicted octanol–water partition coefficient (Wildman–Crippen LogP) is 3.19. The molecule has 20 heavy (non-hydrogen) atoms. The molecule has 0 spiro atoms. The summed E-state index contributed by atoms with van der Waals surface area (Å²) in [6.07, 6.45) is 0.971. The minimum Gasteiger partial charge on any atom is -0.383 e. The highest BCUT2D eigenvalue weighted by molar-refractivity contribution is 5.55. The summed E-state index contributed by atoms with van der Waals surface area (Å²) in [6.45, 7) is 9.15. The number of para-hydroxylation sites is 1. The minimum absolute atomic E-state index is 0.156. The monoisotopic (exact) mass is 282 g/mol. The first kappa shape index (κ1) is 16.9. The Morgan fingerprint density at radius 3 is 2.70 bits per heavy atom. The Balaban J connectivity index is 3.08. The van der Waals surface area contributed by atoms with Crippen molar-refractivity contribution in [3.8, 4) is 0 Å². The van der Waals surface area contributed by atoms with Crippen LogP contribution in [-0.4, -0.2) is 32.8 Å². The molecule has 1 rings (SSSR count). The molecule has 1 unspecified atom stereocenters. The van der Waals surface area contributed by atoms with Crippen LogP contribution in [-0.2, 0) is 11.3 Å². The van der Waals surface area contributed by atoms with Crippen LogP contribution in [0.4, 0.5) is 10.1 Å². The molecular weight excluding hydrogens is 255 g/mol. The molecule has 0 bridgehead atoms. The van der Waals surface area contributed by atoms with Gasteiger partial charge < -0.3 is 15.0 Å². The van der Waals surface area contributed by atoms with Gasteiger partial charge in [-0.2, -0.15) is 0 Å². The van der Waals surface area contributed by atoms with Crippen LogP contribution >= 0.6 is 0 Å². The molecule has 0 aliphatic carbocycles. The average Bonchev–Trinajstić information content (AvgIpc) is 2.46. The van der Waals surface area contributed by atoms with E-state index in [1.807, 2.05) is 6.07 Å². The molecule has 0 saturated carbocycles. The smallest absolute Gasteiger partial charge is 0.146 e. The number of ether oxygens (including phenoxy) is 1. The largest absolute Gasteiger partial charge is 0.383 e. The molecule has 1 aromatic rings. The van der Waals surface area contributed by atoms with Gasteiger partial charge in [0.1, 0.15) is 5.82 Å². The van der Waals surface area contributed by atoms with Crippen LogP contribution < -0.4 is 10.2 Å². The Hall–Kier alpha value is -1.13. The number of benzene rings is 1. The van der Waals surface area contributed by atoms with Gasteiger partial charge in [-0.05, 0) is 31.5 Å². The third kappa shape index (κ3) is 4.46. The first-order valence-corrected chi connectivity index (χ1v) is 7.39. The average molecular weight is 282 g/mol. The van der Waals surface area contributed by atoms with E-state index < -0.39 is 0 Å². The second kappa shape index (κ2) is 8.93. The van der Waals surface area contributed by atoms with Crippen LogP contribution in [0, 0.1) is 5.82 Å². The zero-order chi connectivity index (χ0) is 15.0. The number of hydrogen-bond acceptors (Lipinski definition) is 3. The van der Waals surface area contributed by atoms with E-state index in [1.165, 1.54) is 6.07 Å². The number of rotatable bonds is 9. The van der Waals surface area contributed by atoms with Gasteiger partial charge in [-0.3, -0.25) is 0 Å². The van der Waals surface area contributed by atoms with Crippen LogP contribution in [0.1, 0.15) is 32.8 Å². The fraction of sp³-hybridized carbons (Fsp3) is 0.625. The number of methoxy groups -OCH3 is 1. The molecule has 0 fully saturated rings.